The van der Waals surface area contributed by atoms with Crippen LogP contribution in [-0.2, 0) is 14.3 Å². The quantitative estimate of drug-likeness (QED) is 0.0321. The largest absolute Gasteiger partial charge is 0.466 e. The molecule has 0 aromatic carbocycles. The monoisotopic (exact) mass is 986 g/mol. The summed E-state index contributed by atoms with van der Waals surface area (Å²) >= 11 is 0. The summed E-state index contributed by atoms with van der Waals surface area (Å²) in [6.45, 7) is 4.95. The highest BCUT2D eigenvalue weighted by molar-refractivity contribution is 5.76. The number of hydrogen-bond acceptors (Lipinski definition) is 5. The molecule has 0 aliphatic carbocycles. The van der Waals surface area contributed by atoms with Gasteiger partial charge in [-0.05, 0) is 57.8 Å². The molecule has 70 heavy (non-hydrogen) atoms. The molecule has 2 unspecified atom stereocenters. The van der Waals surface area contributed by atoms with E-state index in [1.165, 1.54) is 263 Å². The Morgan fingerprint density at radius 2 is 0.714 bits per heavy atom. The standard InChI is InChI=1S/C64H123NO5/c1-3-5-7-9-11-13-15-17-19-25-28-32-36-40-44-48-52-56-62(67)61(60-66)65-63(68)57-53-49-45-41-37-33-29-26-23-21-22-24-27-31-35-39-43-47-51-55-59-70-64(69)58-54-50-46-42-38-34-30-20-18-16-14-12-10-8-6-4-2/h14,16,20,30,61-62,66-67H,3-13,15,17-19,21-29,31-60H2,1-2H3,(H,65,68)/b16-14-,30-20-. The molecule has 6 nitrogen and oxygen atoms in total. The van der Waals surface area contributed by atoms with Gasteiger partial charge >= 0.3 is 5.97 Å². The Labute approximate surface area is 437 Å². The minimum Gasteiger partial charge on any atom is -0.466 e. The summed E-state index contributed by atoms with van der Waals surface area (Å²) in [5.41, 5.74) is 0. The molecule has 0 saturated heterocycles. The number of aliphatic hydroxyl groups excluding tert-OH is 2. The van der Waals surface area contributed by atoms with E-state index in [1.807, 2.05) is 0 Å². The van der Waals surface area contributed by atoms with E-state index in [0.717, 1.165) is 51.4 Å². The molecule has 0 radical (unpaired) electrons. The maximum atomic E-state index is 12.5. The molecule has 0 heterocycles. The number of allylic oxidation sites excluding steroid dienone is 4. The van der Waals surface area contributed by atoms with E-state index in [1.54, 1.807) is 0 Å². The van der Waals surface area contributed by atoms with Crippen molar-refractivity contribution in [2.45, 2.75) is 360 Å². The molecule has 0 aliphatic rings. The summed E-state index contributed by atoms with van der Waals surface area (Å²) in [5.74, 6) is -0.0367. The van der Waals surface area contributed by atoms with E-state index in [9.17, 15) is 19.8 Å². The van der Waals surface area contributed by atoms with E-state index in [4.69, 9.17) is 4.74 Å². The summed E-state index contributed by atoms with van der Waals surface area (Å²) in [6, 6.07) is -0.543. The number of hydrogen-bond donors (Lipinski definition) is 3. The lowest BCUT2D eigenvalue weighted by molar-refractivity contribution is -0.143. The molecule has 0 aromatic heterocycles. The topological polar surface area (TPSA) is 95.9 Å². The Bertz CT molecular complexity index is 1090. The number of ether oxygens (including phenoxy) is 1. The van der Waals surface area contributed by atoms with Gasteiger partial charge in [0.2, 0.25) is 5.91 Å². The second kappa shape index (κ2) is 59.9. The van der Waals surface area contributed by atoms with E-state index in [2.05, 4.69) is 43.5 Å². The average molecular weight is 987 g/mol. The van der Waals surface area contributed by atoms with Crippen molar-refractivity contribution in [3.05, 3.63) is 24.3 Å². The zero-order valence-corrected chi connectivity index (χ0v) is 47.3. The first kappa shape index (κ1) is 68.3. The fourth-order valence-corrected chi connectivity index (χ4v) is 9.91. The third-order valence-electron chi connectivity index (χ3n) is 14.8. The van der Waals surface area contributed by atoms with Crippen LogP contribution in [0.25, 0.3) is 0 Å². The number of carbonyl (C=O) groups excluding carboxylic acids is 2. The van der Waals surface area contributed by atoms with Crippen LogP contribution in [0.1, 0.15) is 348 Å². The SMILES string of the molecule is CCCCCC/C=C\C/C=C\CCCCCCCC(=O)OCCCCCCCCCCCCCCCCCCCCCCC(=O)NC(CO)C(O)CCCCCCCCCCCCCCCCCCC. The summed E-state index contributed by atoms with van der Waals surface area (Å²) in [7, 11) is 0. The first-order valence-corrected chi connectivity index (χ1v) is 31.6. The molecule has 2 atom stereocenters. The van der Waals surface area contributed by atoms with Gasteiger partial charge in [-0.25, -0.2) is 0 Å². The second-order valence-electron chi connectivity index (χ2n) is 21.7. The summed E-state index contributed by atoms with van der Waals surface area (Å²) in [4.78, 5) is 24.6. The molecular weight excluding hydrogens is 863 g/mol. The molecule has 414 valence electrons. The summed E-state index contributed by atoms with van der Waals surface area (Å²) < 4.78 is 5.48. The van der Waals surface area contributed by atoms with Gasteiger partial charge in [0.25, 0.3) is 0 Å². The van der Waals surface area contributed by atoms with E-state index in [-0.39, 0.29) is 18.5 Å². The Kier molecular flexibility index (Phi) is 58.5. The molecule has 0 spiro atoms. The van der Waals surface area contributed by atoms with Crippen LogP contribution in [0.15, 0.2) is 24.3 Å². The molecule has 0 saturated carbocycles. The van der Waals surface area contributed by atoms with Gasteiger partial charge in [0.1, 0.15) is 0 Å². The van der Waals surface area contributed by atoms with Crippen molar-refractivity contribution in [2.75, 3.05) is 13.2 Å². The lowest BCUT2D eigenvalue weighted by atomic mass is 10.0. The highest BCUT2D eigenvalue weighted by Crippen LogP contribution is 2.18. The lowest BCUT2D eigenvalue weighted by Crippen LogP contribution is -2.45. The molecular formula is C64H123NO5. The van der Waals surface area contributed by atoms with Gasteiger partial charge in [0.15, 0.2) is 0 Å². The zero-order chi connectivity index (χ0) is 50.7. The van der Waals surface area contributed by atoms with Gasteiger partial charge in [0.05, 0.1) is 25.4 Å². The number of unbranched alkanes of at least 4 members (excludes halogenated alkanes) is 44. The molecule has 0 aliphatic heterocycles. The molecule has 0 aromatic rings. The van der Waals surface area contributed by atoms with Crippen LogP contribution in [0, 0.1) is 0 Å². The normalized spacial score (nSPS) is 12.7. The van der Waals surface area contributed by atoms with E-state index < -0.39 is 12.1 Å². The van der Waals surface area contributed by atoms with Crippen LogP contribution in [0.5, 0.6) is 0 Å². The maximum Gasteiger partial charge on any atom is 0.305 e. The summed E-state index contributed by atoms with van der Waals surface area (Å²) in [6.07, 6.45) is 73.2. The highest BCUT2D eigenvalue weighted by Gasteiger charge is 2.20. The van der Waals surface area contributed by atoms with Gasteiger partial charge in [-0.15, -0.1) is 0 Å². The smallest absolute Gasteiger partial charge is 0.305 e. The van der Waals surface area contributed by atoms with Crippen LogP contribution in [-0.4, -0.2) is 47.4 Å². The third kappa shape index (κ3) is 55.7. The molecule has 0 bridgehead atoms. The second-order valence-corrected chi connectivity index (χ2v) is 21.7. The first-order chi connectivity index (χ1) is 34.5. The van der Waals surface area contributed by atoms with E-state index >= 15 is 0 Å². The zero-order valence-electron chi connectivity index (χ0n) is 47.3. The number of amides is 1. The maximum absolute atomic E-state index is 12.5. The molecule has 6 heteroatoms. The van der Waals surface area contributed by atoms with Crippen molar-refractivity contribution in [1.82, 2.24) is 5.32 Å². The number of carbonyl (C=O) groups is 2. The molecule has 1 amide bonds. The van der Waals surface area contributed by atoms with Gasteiger partial charge in [-0.3, -0.25) is 9.59 Å². The Hall–Kier alpha value is -1.66. The van der Waals surface area contributed by atoms with Crippen molar-refractivity contribution in [3.8, 4) is 0 Å². The number of esters is 1. The first-order valence-electron chi connectivity index (χ1n) is 31.6. The number of aliphatic hydroxyl groups is 2. The van der Waals surface area contributed by atoms with Crippen molar-refractivity contribution < 1.29 is 24.5 Å². The number of nitrogens with one attached hydrogen (secondary N) is 1. The predicted octanol–water partition coefficient (Wildman–Crippen LogP) is 19.8. The highest BCUT2D eigenvalue weighted by atomic mass is 16.5. The molecule has 0 rings (SSSR count). The van der Waals surface area contributed by atoms with Gasteiger partial charge in [-0.1, -0.05) is 301 Å². The lowest BCUT2D eigenvalue weighted by Gasteiger charge is -2.22. The Morgan fingerprint density at radius 1 is 0.400 bits per heavy atom. The third-order valence-corrected chi connectivity index (χ3v) is 14.8. The molecule has 3 N–H and O–H groups in total. The minimum absolute atomic E-state index is 0.00224. The van der Waals surface area contributed by atoms with Crippen molar-refractivity contribution in [3.63, 3.8) is 0 Å². The van der Waals surface area contributed by atoms with Gasteiger partial charge in [-0.2, -0.15) is 0 Å². The fraction of sp³-hybridized carbons (Fsp3) is 0.906. The van der Waals surface area contributed by atoms with Crippen molar-refractivity contribution in [1.29, 1.82) is 0 Å². The van der Waals surface area contributed by atoms with Gasteiger partial charge < -0.3 is 20.3 Å². The fourth-order valence-electron chi connectivity index (χ4n) is 9.91. The minimum atomic E-state index is -0.666. The van der Waals surface area contributed by atoms with Crippen LogP contribution in [0.2, 0.25) is 0 Å². The average Bonchev–Trinajstić information content (AvgIpc) is 3.36. The van der Waals surface area contributed by atoms with Gasteiger partial charge in [0, 0.05) is 12.8 Å². The predicted molar refractivity (Wildman–Crippen MR) is 306 cm³/mol. The van der Waals surface area contributed by atoms with Crippen LogP contribution < -0.4 is 5.32 Å². The Balaban J connectivity index is 3.39. The van der Waals surface area contributed by atoms with Crippen LogP contribution in [0.4, 0.5) is 0 Å². The van der Waals surface area contributed by atoms with E-state index in [0.29, 0.717) is 25.9 Å². The molecule has 0 fully saturated rings. The summed E-state index contributed by atoms with van der Waals surface area (Å²) in [5, 5.41) is 23.3. The van der Waals surface area contributed by atoms with Crippen LogP contribution in [0.3, 0.4) is 0 Å². The van der Waals surface area contributed by atoms with Crippen molar-refractivity contribution in [2.24, 2.45) is 0 Å². The Morgan fingerprint density at radius 3 is 1.10 bits per heavy atom. The van der Waals surface area contributed by atoms with Crippen molar-refractivity contribution >= 4 is 11.9 Å². The number of rotatable bonds is 59. The van der Waals surface area contributed by atoms with Crippen LogP contribution >= 0.6 is 0 Å².